The van der Waals surface area contributed by atoms with Crippen molar-refractivity contribution in [3.63, 3.8) is 0 Å². The Morgan fingerprint density at radius 3 is 2.50 bits per heavy atom. The Hall–Kier alpha value is -0.570. The number of ether oxygens (including phenoxy) is 1. The molecule has 84 valence electrons. The molecule has 0 N–H and O–H groups in total. The first-order chi connectivity index (χ1) is 6.66. The van der Waals surface area contributed by atoms with Crippen molar-refractivity contribution in [2.75, 3.05) is 27.2 Å². The van der Waals surface area contributed by atoms with Crippen LogP contribution in [0.2, 0.25) is 0 Å². The van der Waals surface area contributed by atoms with E-state index in [0.717, 1.165) is 19.3 Å². The lowest BCUT2D eigenvalue weighted by Crippen LogP contribution is -2.11. The van der Waals surface area contributed by atoms with Crippen molar-refractivity contribution in [1.82, 2.24) is 4.90 Å². The highest BCUT2D eigenvalue weighted by Crippen LogP contribution is 2.06. The molecule has 1 aliphatic heterocycles. The molecular formula is C11H23NO2. The predicted molar refractivity (Wildman–Crippen MR) is 58.3 cm³/mol. The molecule has 1 fully saturated rings. The molecule has 0 aromatic heterocycles. The number of hydrogen-bond donors (Lipinski definition) is 0. The van der Waals surface area contributed by atoms with Gasteiger partial charge >= 0.3 is 5.97 Å². The van der Waals surface area contributed by atoms with Crippen LogP contribution in [0.15, 0.2) is 0 Å². The standard InChI is InChI=1S/C6H10O2.C5H13N/c7-6-4-2-1-3-5-8-6;1-4-5-6(2)3/h1-5H2;4-5H2,1-3H3. The molecule has 0 spiro atoms. The third kappa shape index (κ3) is 9.52. The number of esters is 1. The molecule has 1 saturated heterocycles. The Morgan fingerprint density at radius 1 is 1.29 bits per heavy atom. The van der Waals surface area contributed by atoms with E-state index in [1.807, 2.05) is 0 Å². The fourth-order valence-corrected chi connectivity index (χ4v) is 1.25. The third-order valence-corrected chi connectivity index (χ3v) is 1.96. The largest absolute Gasteiger partial charge is 0.466 e. The lowest BCUT2D eigenvalue weighted by Gasteiger charge is -2.03. The van der Waals surface area contributed by atoms with Gasteiger partial charge in [0.2, 0.25) is 0 Å². The smallest absolute Gasteiger partial charge is 0.305 e. The van der Waals surface area contributed by atoms with E-state index in [-0.39, 0.29) is 5.97 Å². The average molecular weight is 201 g/mol. The number of nitrogens with zero attached hydrogens (tertiary/aromatic N) is 1. The van der Waals surface area contributed by atoms with E-state index in [1.54, 1.807) is 0 Å². The predicted octanol–water partition coefficient (Wildman–Crippen LogP) is 2.06. The van der Waals surface area contributed by atoms with Crippen LogP contribution in [0.4, 0.5) is 0 Å². The SMILES string of the molecule is CCCN(C)C.O=C1CCCCCO1. The Morgan fingerprint density at radius 2 is 2.00 bits per heavy atom. The molecule has 0 unspecified atom stereocenters. The summed E-state index contributed by atoms with van der Waals surface area (Å²) in [5.74, 6) is -0.0255. The summed E-state index contributed by atoms with van der Waals surface area (Å²) in [6.07, 6.45) is 5.09. The van der Waals surface area contributed by atoms with Gasteiger partial charge in [-0.15, -0.1) is 0 Å². The maximum atomic E-state index is 10.5. The normalized spacial score (nSPS) is 16.7. The van der Waals surface area contributed by atoms with Crippen molar-refractivity contribution in [1.29, 1.82) is 0 Å². The van der Waals surface area contributed by atoms with Gasteiger partial charge in [-0.1, -0.05) is 6.92 Å². The Labute approximate surface area is 87.4 Å². The van der Waals surface area contributed by atoms with E-state index in [0.29, 0.717) is 13.0 Å². The van der Waals surface area contributed by atoms with Gasteiger partial charge < -0.3 is 9.64 Å². The Balaban J connectivity index is 0.000000255. The summed E-state index contributed by atoms with van der Waals surface area (Å²) in [6.45, 7) is 4.03. The van der Waals surface area contributed by atoms with Crippen LogP contribution in [0.25, 0.3) is 0 Å². The van der Waals surface area contributed by atoms with Gasteiger partial charge in [0.1, 0.15) is 0 Å². The second kappa shape index (κ2) is 9.00. The second-order valence-corrected chi connectivity index (χ2v) is 3.83. The van der Waals surface area contributed by atoms with Crippen molar-refractivity contribution in [2.45, 2.75) is 39.0 Å². The highest BCUT2D eigenvalue weighted by Gasteiger charge is 2.05. The molecule has 1 aliphatic rings. The van der Waals surface area contributed by atoms with Gasteiger partial charge in [-0.2, -0.15) is 0 Å². The summed E-state index contributed by atoms with van der Waals surface area (Å²) in [7, 11) is 4.17. The average Bonchev–Trinajstić information content (AvgIpc) is 2.33. The molecule has 0 bridgehead atoms. The molecule has 3 nitrogen and oxygen atoms in total. The summed E-state index contributed by atoms with van der Waals surface area (Å²) in [5, 5.41) is 0. The van der Waals surface area contributed by atoms with Crippen LogP contribution in [0.5, 0.6) is 0 Å². The maximum absolute atomic E-state index is 10.5. The first-order valence-electron chi connectivity index (χ1n) is 5.47. The monoisotopic (exact) mass is 201 g/mol. The molecule has 0 aliphatic carbocycles. The summed E-state index contributed by atoms with van der Waals surface area (Å²) < 4.78 is 4.76. The fraction of sp³-hybridized carbons (Fsp3) is 0.909. The number of rotatable bonds is 2. The zero-order chi connectivity index (χ0) is 10.8. The van der Waals surface area contributed by atoms with Gasteiger partial charge in [0.15, 0.2) is 0 Å². The van der Waals surface area contributed by atoms with E-state index in [1.165, 1.54) is 13.0 Å². The number of cyclic esters (lactones) is 1. The summed E-state index contributed by atoms with van der Waals surface area (Å²) >= 11 is 0. The molecule has 14 heavy (non-hydrogen) atoms. The molecule has 3 heteroatoms. The van der Waals surface area contributed by atoms with Crippen molar-refractivity contribution in [2.24, 2.45) is 0 Å². The van der Waals surface area contributed by atoms with Crippen LogP contribution < -0.4 is 0 Å². The van der Waals surface area contributed by atoms with Crippen molar-refractivity contribution in [3.05, 3.63) is 0 Å². The maximum Gasteiger partial charge on any atom is 0.305 e. The molecule has 0 aromatic rings. The quantitative estimate of drug-likeness (QED) is 0.640. The lowest BCUT2D eigenvalue weighted by atomic mass is 10.2. The highest BCUT2D eigenvalue weighted by atomic mass is 16.5. The second-order valence-electron chi connectivity index (χ2n) is 3.83. The first kappa shape index (κ1) is 13.4. The summed E-state index contributed by atoms with van der Waals surface area (Å²) in [5.41, 5.74) is 0. The van der Waals surface area contributed by atoms with Gasteiger partial charge in [-0.3, -0.25) is 4.79 Å². The molecular weight excluding hydrogens is 178 g/mol. The minimum Gasteiger partial charge on any atom is -0.466 e. The van der Waals surface area contributed by atoms with Crippen LogP contribution in [0.3, 0.4) is 0 Å². The van der Waals surface area contributed by atoms with Crippen molar-refractivity contribution < 1.29 is 9.53 Å². The van der Waals surface area contributed by atoms with E-state index in [2.05, 4.69) is 25.9 Å². The summed E-state index contributed by atoms with van der Waals surface area (Å²) in [6, 6.07) is 0. The van der Waals surface area contributed by atoms with Gasteiger partial charge in [0.05, 0.1) is 6.61 Å². The van der Waals surface area contributed by atoms with E-state index >= 15 is 0 Å². The number of carbonyl (C=O) groups excluding carboxylic acids is 1. The number of carbonyl (C=O) groups is 1. The molecule has 0 saturated carbocycles. The minimum atomic E-state index is -0.0255. The number of hydrogen-bond acceptors (Lipinski definition) is 3. The van der Waals surface area contributed by atoms with Crippen LogP contribution in [0.1, 0.15) is 39.0 Å². The lowest BCUT2D eigenvalue weighted by molar-refractivity contribution is -0.142. The van der Waals surface area contributed by atoms with Crippen LogP contribution in [-0.4, -0.2) is 38.1 Å². The Kier molecular flexibility index (Phi) is 8.64. The van der Waals surface area contributed by atoms with E-state index < -0.39 is 0 Å². The van der Waals surface area contributed by atoms with E-state index in [9.17, 15) is 4.79 Å². The zero-order valence-corrected chi connectivity index (χ0v) is 9.71. The topological polar surface area (TPSA) is 29.5 Å². The highest BCUT2D eigenvalue weighted by molar-refractivity contribution is 5.69. The van der Waals surface area contributed by atoms with Crippen LogP contribution in [-0.2, 0) is 9.53 Å². The Bertz CT molecular complexity index is 136. The van der Waals surface area contributed by atoms with Crippen molar-refractivity contribution >= 4 is 5.97 Å². The first-order valence-corrected chi connectivity index (χ1v) is 5.47. The van der Waals surface area contributed by atoms with Crippen LogP contribution in [0, 0.1) is 0 Å². The van der Waals surface area contributed by atoms with Gasteiger partial charge in [0, 0.05) is 6.42 Å². The molecule has 1 heterocycles. The molecule has 1 rings (SSSR count). The van der Waals surface area contributed by atoms with Crippen molar-refractivity contribution in [3.8, 4) is 0 Å². The molecule has 0 radical (unpaired) electrons. The minimum absolute atomic E-state index is 0.0255. The zero-order valence-electron chi connectivity index (χ0n) is 9.71. The summed E-state index contributed by atoms with van der Waals surface area (Å²) in [4.78, 5) is 12.6. The van der Waals surface area contributed by atoms with Gasteiger partial charge in [-0.25, -0.2) is 0 Å². The van der Waals surface area contributed by atoms with Gasteiger partial charge in [-0.05, 0) is 46.3 Å². The third-order valence-electron chi connectivity index (χ3n) is 1.96. The van der Waals surface area contributed by atoms with Crippen LogP contribution >= 0.6 is 0 Å². The molecule has 0 amide bonds. The molecule has 0 aromatic carbocycles. The van der Waals surface area contributed by atoms with E-state index in [4.69, 9.17) is 4.74 Å². The fourth-order valence-electron chi connectivity index (χ4n) is 1.25. The molecule has 0 atom stereocenters. The van der Waals surface area contributed by atoms with Gasteiger partial charge in [0.25, 0.3) is 0 Å².